The molecule has 0 spiro atoms. The Morgan fingerprint density at radius 2 is 1.84 bits per heavy atom. The summed E-state index contributed by atoms with van der Waals surface area (Å²) >= 11 is 0. The first-order valence-electron chi connectivity index (χ1n) is 12.5. The second-order valence-corrected chi connectivity index (χ2v) is 9.59. The van der Waals surface area contributed by atoms with Gasteiger partial charge < -0.3 is 4.74 Å². The summed E-state index contributed by atoms with van der Waals surface area (Å²) in [6.07, 6.45) is 10.8. The fraction of sp³-hybridized carbons (Fsp3) is 0.552. The summed E-state index contributed by atoms with van der Waals surface area (Å²) in [5.41, 5.74) is 5.15. The fourth-order valence-corrected chi connectivity index (χ4v) is 5.19. The third-order valence-corrected chi connectivity index (χ3v) is 7.19. The van der Waals surface area contributed by atoms with E-state index in [0.29, 0.717) is 11.6 Å². The Hall–Kier alpha value is -2.13. The summed E-state index contributed by atoms with van der Waals surface area (Å²) in [6, 6.07) is 15.1. The van der Waals surface area contributed by atoms with E-state index in [1.165, 1.54) is 69.6 Å². The van der Waals surface area contributed by atoms with E-state index in [4.69, 9.17) is 4.74 Å². The van der Waals surface area contributed by atoms with Crippen LogP contribution in [0.3, 0.4) is 0 Å². The summed E-state index contributed by atoms with van der Waals surface area (Å²) in [4.78, 5) is 15.2. The van der Waals surface area contributed by atoms with Crippen LogP contribution < -0.4 is 0 Å². The first-order valence-corrected chi connectivity index (χ1v) is 12.5. The van der Waals surface area contributed by atoms with E-state index >= 15 is 0 Å². The SMILES string of the molecule is CCC[C@H](C)N(CCC1CCCCC1)Cc1ccc(C(=O)OC)c(-c2ccccc2C)c1. The van der Waals surface area contributed by atoms with Gasteiger partial charge in [-0.2, -0.15) is 0 Å². The van der Waals surface area contributed by atoms with E-state index in [1.54, 1.807) is 0 Å². The molecule has 0 radical (unpaired) electrons. The standard InChI is InChI=1S/C29H41NO2/c1-5-11-23(3)30(19-18-24-13-7-6-8-14-24)21-25-16-17-27(29(31)32-4)28(20-25)26-15-10-9-12-22(26)2/h9-10,12,15-17,20,23-24H,5-8,11,13-14,18-19,21H2,1-4H3/t23-/m0/s1. The first-order chi connectivity index (χ1) is 15.5. The largest absolute Gasteiger partial charge is 0.465 e. The molecule has 3 heteroatoms. The van der Waals surface area contributed by atoms with Gasteiger partial charge in [0.2, 0.25) is 0 Å². The Morgan fingerprint density at radius 1 is 1.09 bits per heavy atom. The zero-order chi connectivity index (χ0) is 22.9. The van der Waals surface area contributed by atoms with Crippen LogP contribution in [0.1, 0.15) is 86.7 Å². The Morgan fingerprint density at radius 3 is 2.53 bits per heavy atom. The van der Waals surface area contributed by atoms with Gasteiger partial charge in [-0.3, -0.25) is 4.90 Å². The van der Waals surface area contributed by atoms with Crippen molar-refractivity contribution in [3.05, 3.63) is 59.2 Å². The van der Waals surface area contributed by atoms with Gasteiger partial charge in [0.15, 0.2) is 0 Å². The maximum Gasteiger partial charge on any atom is 0.338 e. The zero-order valence-electron chi connectivity index (χ0n) is 20.5. The van der Waals surface area contributed by atoms with Crippen molar-refractivity contribution in [2.45, 2.75) is 84.7 Å². The molecule has 0 heterocycles. The lowest BCUT2D eigenvalue weighted by atomic mass is 9.86. The van der Waals surface area contributed by atoms with Gasteiger partial charge >= 0.3 is 5.97 Å². The van der Waals surface area contributed by atoms with Gasteiger partial charge in [-0.05, 0) is 73.5 Å². The molecule has 3 rings (SSSR count). The lowest BCUT2D eigenvalue weighted by molar-refractivity contribution is 0.0601. The lowest BCUT2D eigenvalue weighted by Gasteiger charge is -2.32. The van der Waals surface area contributed by atoms with E-state index < -0.39 is 0 Å². The molecule has 2 aromatic carbocycles. The normalized spacial score (nSPS) is 15.7. The number of aryl methyl sites for hydroxylation is 1. The summed E-state index contributed by atoms with van der Waals surface area (Å²) < 4.78 is 5.09. The molecular weight excluding hydrogens is 394 g/mol. The first kappa shape index (κ1) is 24.5. The second-order valence-electron chi connectivity index (χ2n) is 9.59. The van der Waals surface area contributed by atoms with E-state index in [1.807, 2.05) is 18.2 Å². The molecule has 1 aliphatic rings. The van der Waals surface area contributed by atoms with Gasteiger partial charge in [-0.1, -0.05) is 75.8 Å². The summed E-state index contributed by atoms with van der Waals surface area (Å²) in [7, 11) is 1.46. The van der Waals surface area contributed by atoms with Crippen LogP contribution in [0.2, 0.25) is 0 Å². The maximum absolute atomic E-state index is 12.5. The van der Waals surface area contributed by atoms with Gasteiger partial charge in [0, 0.05) is 12.6 Å². The highest BCUT2D eigenvalue weighted by Gasteiger charge is 2.20. The molecule has 1 saturated carbocycles. The highest BCUT2D eigenvalue weighted by Crippen LogP contribution is 2.30. The number of nitrogens with zero attached hydrogens (tertiary/aromatic N) is 1. The van der Waals surface area contributed by atoms with Gasteiger partial charge in [-0.15, -0.1) is 0 Å². The van der Waals surface area contributed by atoms with Gasteiger partial charge in [0.1, 0.15) is 0 Å². The van der Waals surface area contributed by atoms with Crippen molar-refractivity contribution in [3.63, 3.8) is 0 Å². The zero-order valence-corrected chi connectivity index (χ0v) is 20.5. The third-order valence-electron chi connectivity index (χ3n) is 7.19. The molecule has 1 atom stereocenters. The smallest absolute Gasteiger partial charge is 0.338 e. The molecule has 0 N–H and O–H groups in total. The van der Waals surface area contributed by atoms with Crippen molar-refractivity contribution < 1.29 is 9.53 Å². The molecule has 0 saturated heterocycles. The molecular formula is C29H41NO2. The molecule has 1 aliphatic carbocycles. The number of ether oxygens (including phenoxy) is 1. The Balaban J connectivity index is 1.85. The van der Waals surface area contributed by atoms with Crippen molar-refractivity contribution in [2.75, 3.05) is 13.7 Å². The van der Waals surface area contributed by atoms with Crippen LogP contribution in [0.4, 0.5) is 0 Å². The van der Waals surface area contributed by atoms with Crippen molar-refractivity contribution >= 4 is 5.97 Å². The third kappa shape index (κ3) is 6.45. The van der Waals surface area contributed by atoms with E-state index in [2.05, 4.69) is 49.9 Å². The van der Waals surface area contributed by atoms with Gasteiger partial charge in [0.05, 0.1) is 12.7 Å². The van der Waals surface area contributed by atoms with E-state index in [9.17, 15) is 4.79 Å². The number of carbonyl (C=O) groups excluding carboxylic acids is 1. The minimum absolute atomic E-state index is 0.275. The molecule has 3 nitrogen and oxygen atoms in total. The topological polar surface area (TPSA) is 29.5 Å². The highest BCUT2D eigenvalue weighted by atomic mass is 16.5. The molecule has 0 aromatic heterocycles. The van der Waals surface area contributed by atoms with Gasteiger partial charge in [0.25, 0.3) is 0 Å². The molecule has 174 valence electrons. The maximum atomic E-state index is 12.5. The Kier molecular flexibility index (Phi) is 9.35. The van der Waals surface area contributed by atoms with E-state index in [-0.39, 0.29) is 5.97 Å². The van der Waals surface area contributed by atoms with Crippen molar-refractivity contribution in [3.8, 4) is 11.1 Å². The number of benzene rings is 2. The highest BCUT2D eigenvalue weighted by molar-refractivity contribution is 5.97. The van der Waals surface area contributed by atoms with Gasteiger partial charge in [-0.25, -0.2) is 4.79 Å². The summed E-state index contributed by atoms with van der Waals surface area (Å²) in [6.45, 7) is 8.83. The predicted octanol–water partition coefficient (Wildman–Crippen LogP) is 7.41. The minimum atomic E-state index is -0.275. The summed E-state index contributed by atoms with van der Waals surface area (Å²) in [5, 5.41) is 0. The Bertz CT molecular complexity index is 869. The molecule has 0 aliphatic heterocycles. The number of carbonyl (C=O) groups is 1. The summed E-state index contributed by atoms with van der Waals surface area (Å²) in [5.74, 6) is 0.618. The van der Waals surface area contributed by atoms with Crippen LogP contribution in [0, 0.1) is 12.8 Å². The van der Waals surface area contributed by atoms with E-state index in [0.717, 1.165) is 30.1 Å². The van der Waals surface area contributed by atoms with Crippen LogP contribution >= 0.6 is 0 Å². The molecule has 32 heavy (non-hydrogen) atoms. The second kappa shape index (κ2) is 12.2. The average molecular weight is 436 g/mol. The van der Waals surface area contributed by atoms with Crippen LogP contribution in [0.5, 0.6) is 0 Å². The number of hydrogen-bond donors (Lipinski definition) is 0. The molecule has 0 bridgehead atoms. The average Bonchev–Trinajstić information content (AvgIpc) is 2.82. The predicted molar refractivity (Wildman–Crippen MR) is 134 cm³/mol. The van der Waals surface area contributed by atoms with Crippen molar-refractivity contribution in [1.29, 1.82) is 0 Å². The van der Waals surface area contributed by atoms with Crippen LogP contribution in [0.15, 0.2) is 42.5 Å². The van der Waals surface area contributed by atoms with Crippen LogP contribution in [0.25, 0.3) is 11.1 Å². The number of hydrogen-bond acceptors (Lipinski definition) is 3. The van der Waals surface area contributed by atoms with Crippen molar-refractivity contribution in [1.82, 2.24) is 4.90 Å². The van der Waals surface area contributed by atoms with Crippen molar-refractivity contribution in [2.24, 2.45) is 5.92 Å². The monoisotopic (exact) mass is 435 g/mol. The van der Waals surface area contributed by atoms with Crippen LogP contribution in [-0.2, 0) is 11.3 Å². The number of rotatable bonds is 10. The molecule has 2 aromatic rings. The minimum Gasteiger partial charge on any atom is -0.465 e. The van der Waals surface area contributed by atoms with Crippen LogP contribution in [-0.4, -0.2) is 30.6 Å². The quantitative estimate of drug-likeness (QED) is 0.364. The molecule has 0 amide bonds. The lowest BCUT2D eigenvalue weighted by Crippen LogP contribution is -2.34. The number of methoxy groups -OCH3 is 1. The Labute approximate surface area is 195 Å². The number of esters is 1. The molecule has 0 unspecified atom stereocenters. The molecule has 1 fully saturated rings. The fourth-order valence-electron chi connectivity index (χ4n) is 5.19.